The molecule has 2 aromatic rings. The number of thioether (sulfide) groups is 1. The second-order valence-electron chi connectivity index (χ2n) is 7.45. The number of benzene rings is 2. The lowest BCUT2D eigenvalue weighted by molar-refractivity contribution is -0.119. The predicted molar refractivity (Wildman–Crippen MR) is 117 cm³/mol. The van der Waals surface area contributed by atoms with Crippen LogP contribution in [-0.4, -0.2) is 23.6 Å². The Morgan fingerprint density at radius 2 is 1.71 bits per heavy atom. The first-order valence-electron chi connectivity index (χ1n) is 9.94. The number of amides is 2. The van der Waals surface area contributed by atoms with E-state index in [4.69, 9.17) is 0 Å². The van der Waals surface area contributed by atoms with Crippen LogP contribution < -0.4 is 10.6 Å². The standard InChI is InChI=1S/C23H28N2O2S/c1-17-7-5-6-10-21(17)25-22(26)16-28-15-18-11-13-19(14-12-18)23(27)24-20-8-3-2-4-9-20/h2-4,8-9,11-14,17,21H,5-7,10,15-16H2,1H3,(H,24,27)(H,25,26)/t17-,21-/m0/s1. The van der Waals surface area contributed by atoms with Crippen LogP contribution >= 0.6 is 11.8 Å². The lowest BCUT2D eigenvalue weighted by Crippen LogP contribution is -2.41. The van der Waals surface area contributed by atoms with Crippen LogP contribution in [0.25, 0.3) is 0 Å². The van der Waals surface area contributed by atoms with Crippen molar-refractivity contribution in [2.24, 2.45) is 5.92 Å². The van der Waals surface area contributed by atoms with E-state index >= 15 is 0 Å². The maximum atomic E-state index is 12.3. The minimum absolute atomic E-state index is 0.119. The van der Waals surface area contributed by atoms with Gasteiger partial charge in [-0.2, -0.15) is 0 Å². The molecule has 0 aromatic heterocycles. The van der Waals surface area contributed by atoms with Crippen molar-refractivity contribution in [3.8, 4) is 0 Å². The Balaban J connectivity index is 1.41. The number of carbonyl (C=O) groups is 2. The highest BCUT2D eigenvalue weighted by molar-refractivity contribution is 7.99. The zero-order valence-electron chi connectivity index (χ0n) is 16.3. The van der Waals surface area contributed by atoms with Crippen molar-refractivity contribution >= 4 is 29.3 Å². The normalized spacial score (nSPS) is 19.0. The smallest absolute Gasteiger partial charge is 0.255 e. The molecular formula is C23H28N2O2S. The Morgan fingerprint density at radius 3 is 2.43 bits per heavy atom. The maximum Gasteiger partial charge on any atom is 0.255 e. The van der Waals surface area contributed by atoms with E-state index in [1.807, 2.05) is 54.6 Å². The lowest BCUT2D eigenvalue weighted by atomic mass is 9.86. The van der Waals surface area contributed by atoms with E-state index in [9.17, 15) is 9.59 Å². The fourth-order valence-electron chi connectivity index (χ4n) is 3.52. The lowest BCUT2D eigenvalue weighted by Gasteiger charge is -2.29. The predicted octanol–water partition coefficient (Wildman–Crippen LogP) is 4.87. The first-order chi connectivity index (χ1) is 13.6. The number of carbonyl (C=O) groups excluding carboxylic acids is 2. The average molecular weight is 397 g/mol. The summed E-state index contributed by atoms with van der Waals surface area (Å²) >= 11 is 1.61. The number of hydrogen-bond donors (Lipinski definition) is 2. The van der Waals surface area contributed by atoms with Crippen molar-refractivity contribution in [3.63, 3.8) is 0 Å². The maximum absolute atomic E-state index is 12.3. The van der Waals surface area contributed by atoms with Gasteiger partial charge in [0, 0.05) is 23.0 Å². The summed E-state index contributed by atoms with van der Waals surface area (Å²) in [7, 11) is 0. The molecule has 2 aromatic carbocycles. The summed E-state index contributed by atoms with van der Waals surface area (Å²) < 4.78 is 0. The largest absolute Gasteiger partial charge is 0.352 e. The fraction of sp³-hybridized carbons (Fsp3) is 0.391. The van der Waals surface area contributed by atoms with Crippen LogP contribution in [0.4, 0.5) is 5.69 Å². The molecule has 1 aliphatic rings. The molecule has 0 radical (unpaired) electrons. The van der Waals surface area contributed by atoms with Gasteiger partial charge in [-0.15, -0.1) is 11.8 Å². The molecule has 0 aliphatic heterocycles. The molecule has 0 heterocycles. The number of nitrogens with one attached hydrogen (secondary N) is 2. The number of hydrogen-bond acceptors (Lipinski definition) is 3. The Labute approximate surface area is 171 Å². The molecule has 1 saturated carbocycles. The van der Waals surface area contributed by atoms with Gasteiger partial charge >= 0.3 is 0 Å². The fourth-order valence-corrected chi connectivity index (χ4v) is 4.32. The van der Waals surface area contributed by atoms with Gasteiger partial charge in [0.2, 0.25) is 5.91 Å². The van der Waals surface area contributed by atoms with Crippen molar-refractivity contribution in [2.75, 3.05) is 11.1 Å². The quantitative estimate of drug-likeness (QED) is 0.702. The molecule has 1 fully saturated rings. The molecule has 2 N–H and O–H groups in total. The van der Waals surface area contributed by atoms with Gasteiger partial charge in [0.15, 0.2) is 0 Å². The third kappa shape index (κ3) is 6.13. The molecule has 0 bridgehead atoms. The van der Waals surface area contributed by atoms with Crippen molar-refractivity contribution in [3.05, 3.63) is 65.7 Å². The van der Waals surface area contributed by atoms with Crippen molar-refractivity contribution in [1.82, 2.24) is 5.32 Å². The van der Waals surface area contributed by atoms with Gasteiger partial charge in [0.1, 0.15) is 0 Å². The topological polar surface area (TPSA) is 58.2 Å². The molecule has 0 spiro atoms. The van der Waals surface area contributed by atoms with Crippen LogP contribution in [0.3, 0.4) is 0 Å². The van der Waals surface area contributed by atoms with Crippen LogP contribution in [0.2, 0.25) is 0 Å². The Bertz CT molecular complexity index is 777. The van der Waals surface area contributed by atoms with E-state index in [1.165, 1.54) is 19.3 Å². The molecule has 3 rings (SSSR count). The molecule has 0 saturated heterocycles. The number of anilines is 1. The van der Waals surface area contributed by atoms with Gasteiger partial charge in [-0.05, 0) is 48.6 Å². The Kier molecular flexibility index (Phi) is 7.54. The second kappa shape index (κ2) is 10.3. The van der Waals surface area contributed by atoms with Gasteiger partial charge in [-0.1, -0.05) is 50.1 Å². The Hall–Kier alpha value is -2.27. The first-order valence-corrected chi connectivity index (χ1v) is 11.1. The van der Waals surface area contributed by atoms with Crippen LogP contribution in [0.15, 0.2) is 54.6 Å². The molecule has 2 amide bonds. The highest BCUT2D eigenvalue weighted by Crippen LogP contribution is 2.24. The molecule has 28 heavy (non-hydrogen) atoms. The van der Waals surface area contributed by atoms with E-state index < -0.39 is 0 Å². The second-order valence-corrected chi connectivity index (χ2v) is 8.43. The summed E-state index contributed by atoms with van der Waals surface area (Å²) in [6.07, 6.45) is 4.81. The van der Waals surface area contributed by atoms with Crippen LogP contribution in [-0.2, 0) is 10.5 Å². The molecule has 148 valence electrons. The summed E-state index contributed by atoms with van der Waals surface area (Å²) in [6.45, 7) is 2.23. The number of rotatable bonds is 7. The van der Waals surface area contributed by atoms with Crippen LogP contribution in [0.5, 0.6) is 0 Å². The Morgan fingerprint density at radius 1 is 1.00 bits per heavy atom. The molecule has 2 atom stereocenters. The van der Waals surface area contributed by atoms with Gasteiger partial charge in [-0.25, -0.2) is 0 Å². The van der Waals surface area contributed by atoms with E-state index in [2.05, 4.69) is 17.6 Å². The third-order valence-corrected chi connectivity index (χ3v) is 6.21. The van der Waals surface area contributed by atoms with Crippen molar-refractivity contribution in [1.29, 1.82) is 0 Å². The van der Waals surface area contributed by atoms with Gasteiger partial charge in [-0.3, -0.25) is 9.59 Å². The average Bonchev–Trinajstić information content (AvgIpc) is 2.71. The summed E-state index contributed by atoms with van der Waals surface area (Å²) in [5, 5.41) is 6.07. The zero-order chi connectivity index (χ0) is 19.8. The van der Waals surface area contributed by atoms with Crippen molar-refractivity contribution < 1.29 is 9.59 Å². The monoisotopic (exact) mass is 396 g/mol. The van der Waals surface area contributed by atoms with Gasteiger partial charge < -0.3 is 10.6 Å². The van der Waals surface area contributed by atoms with E-state index in [0.29, 0.717) is 23.3 Å². The van der Waals surface area contributed by atoms with E-state index in [0.717, 1.165) is 23.4 Å². The molecule has 5 heteroatoms. The van der Waals surface area contributed by atoms with E-state index in [1.54, 1.807) is 11.8 Å². The van der Waals surface area contributed by atoms with Gasteiger partial charge in [0.25, 0.3) is 5.91 Å². The minimum atomic E-state index is -0.119. The zero-order valence-corrected chi connectivity index (χ0v) is 17.1. The third-order valence-electron chi connectivity index (χ3n) is 5.21. The summed E-state index contributed by atoms with van der Waals surface area (Å²) in [5.74, 6) is 1.82. The SMILES string of the molecule is C[C@H]1CCCC[C@@H]1NC(=O)CSCc1ccc(C(=O)Nc2ccccc2)cc1. The van der Waals surface area contributed by atoms with Crippen molar-refractivity contribution in [2.45, 2.75) is 44.4 Å². The summed E-state index contributed by atoms with van der Waals surface area (Å²) in [5.41, 5.74) is 2.52. The molecule has 4 nitrogen and oxygen atoms in total. The molecule has 1 aliphatic carbocycles. The summed E-state index contributed by atoms with van der Waals surface area (Å²) in [6, 6.07) is 17.3. The number of para-hydroxylation sites is 1. The van der Waals surface area contributed by atoms with E-state index in [-0.39, 0.29) is 11.8 Å². The van der Waals surface area contributed by atoms with Crippen LogP contribution in [0, 0.1) is 5.92 Å². The highest BCUT2D eigenvalue weighted by atomic mass is 32.2. The summed E-state index contributed by atoms with van der Waals surface area (Å²) in [4.78, 5) is 24.5. The highest BCUT2D eigenvalue weighted by Gasteiger charge is 2.22. The van der Waals surface area contributed by atoms with Gasteiger partial charge in [0.05, 0.1) is 5.75 Å². The molecular weight excluding hydrogens is 368 g/mol. The minimum Gasteiger partial charge on any atom is -0.352 e. The molecule has 0 unspecified atom stereocenters. The first kappa shape index (κ1) is 20.5. The van der Waals surface area contributed by atoms with Crippen LogP contribution in [0.1, 0.15) is 48.5 Å².